The van der Waals surface area contributed by atoms with Gasteiger partial charge in [0.05, 0.1) is 5.69 Å². The molecule has 1 rings (SSSR count). The van der Waals surface area contributed by atoms with E-state index in [0.717, 1.165) is 6.07 Å². The molecule has 0 aliphatic carbocycles. The van der Waals surface area contributed by atoms with Gasteiger partial charge in [-0.15, -0.1) is 0 Å². The van der Waals surface area contributed by atoms with Crippen LogP contribution in [0, 0.1) is 0 Å². The lowest BCUT2D eigenvalue weighted by molar-refractivity contribution is -0.0550. The number of nitrogens with one attached hydrogen (secondary N) is 1. The highest BCUT2D eigenvalue weighted by Gasteiger charge is 2.34. The Morgan fingerprint density at radius 1 is 1.40 bits per heavy atom. The molecule has 0 fully saturated rings. The number of benzene rings is 1. The molecule has 0 bridgehead atoms. The maximum Gasteiger partial charge on any atom is 0.412 e. The van der Waals surface area contributed by atoms with Crippen LogP contribution >= 0.6 is 11.6 Å². The minimum atomic E-state index is -3.52. The minimum Gasteiger partial charge on any atom is -0.444 e. The summed E-state index contributed by atoms with van der Waals surface area (Å²) < 4.78 is 32.2. The number of amides is 1. The number of halogens is 3. The van der Waals surface area contributed by atoms with Crippen molar-refractivity contribution in [2.24, 2.45) is 0 Å². The second-order valence-corrected chi connectivity index (χ2v) is 5.62. The summed E-state index contributed by atoms with van der Waals surface area (Å²) in [6.45, 7) is 3.56. The minimum absolute atomic E-state index is 0.0721. The van der Waals surface area contributed by atoms with Crippen LogP contribution in [0.1, 0.15) is 26.3 Å². The van der Waals surface area contributed by atoms with Crippen LogP contribution in [0.15, 0.2) is 18.2 Å². The Labute approximate surface area is 120 Å². The predicted molar refractivity (Wildman–Crippen MR) is 72.3 cm³/mol. The maximum absolute atomic E-state index is 13.6. The summed E-state index contributed by atoms with van der Waals surface area (Å²) in [5.74, 6) is -3.52. The van der Waals surface area contributed by atoms with Crippen molar-refractivity contribution in [3.63, 3.8) is 0 Å². The first-order valence-corrected chi connectivity index (χ1v) is 6.22. The molecule has 20 heavy (non-hydrogen) atoms. The molecule has 0 radical (unpaired) electrons. The summed E-state index contributed by atoms with van der Waals surface area (Å²) in [5, 5.41) is 11.0. The average Bonchev–Trinajstić information content (AvgIpc) is 2.29. The Kier molecular flexibility index (Phi) is 4.94. The molecule has 0 atom stereocenters. The van der Waals surface area contributed by atoms with E-state index in [9.17, 15) is 13.6 Å². The van der Waals surface area contributed by atoms with Crippen molar-refractivity contribution in [1.82, 2.24) is 0 Å². The lowest BCUT2D eigenvalue weighted by Gasteiger charge is -2.22. The smallest absolute Gasteiger partial charge is 0.412 e. The standard InChI is InChI=1S/C13H16ClF2NO3/c1-12(2,3)20-11(19)17-10-5-4-8(14)6-9(10)13(15,16)7-18/h4-6,18H,7H2,1-3H3,(H,17,19). The van der Waals surface area contributed by atoms with Gasteiger partial charge in [-0.25, -0.2) is 4.79 Å². The fraction of sp³-hybridized carbons (Fsp3) is 0.462. The van der Waals surface area contributed by atoms with Crippen LogP contribution in [0.25, 0.3) is 0 Å². The average molecular weight is 308 g/mol. The highest BCUT2D eigenvalue weighted by atomic mass is 35.5. The Morgan fingerprint density at radius 2 is 2.00 bits per heavy atom. The van der Waals surface area contributed by atoms with Crippen molar-refractivity contribution in [2.45, 2.75) is 32.3 Å². The second kappa shape index (κ2) is 5.93. The molecule has 7 heteroatoms. The van der Waals surface area contributed by atoms with Gasteiger partial charge in [-0.3, -0.25) is 5.32 Å². The molecule has 0 heterocycles. The number of anilines is 1. The molecule has 0 unspecified atom stereocenters. The number of ether oxygens (including phenoxy) is 1. The second-order valence-electron chi connectivity index (χ2n) is 5.18. The lowest BCUT2D eigenvalue weighted by atomic mass is 10.1. The van der Waals surface area contributed by atoms with E-state index in [4.69, 9.17) is 21.4 Å². The normalized spacial score (nSPS) is 12.2. The predicted octanol–water partition coefficient (Wildman–Crippen LogP) is 3.77. The number of alkyl halides is 2. The Bertz CT molecular complexity index is 501. The van der Waals surface area contributed by atoms with E-state index in [1.54, 1.807) is 20.8 Å². The summed E-state index contributed by atoms with van der Waals surface area (Å²) >= 11 is 5.66. The van der Waals surface area contributed by atoms with Crippen LogP contribution in [0.5, 0.6) is 0 Å². The largest absolute Gasteiger partial charge is 0.444 e. The number of carbonyl (C=O) groups excluding carboxylic acids is 1. The Balaban J connectivity index is 3.04. The zero-order chi connectivity index (χ0) is 15.6. The van der Waals surface area contributed by atoms with Gasteiger partial charge < -0.3 is 9.84 Å². The molecule has 112 valence electrons. The molecule has 1 amide bonds. The Morgan fingerprint density at radius 3 is 2.50 bits per heavy atom. The summed E-state index contributed by atoms with van der Waals surface area (Å²) in [5.41, 5.74) is -1.49. The lowest BCUT2D eigenvalue weighted by Crippen LogP contribution is -2.28. The molecule has 0 aliphatic rings. The van der Waals surface area contributed by atoms with Crippen molar-refractivity contribution in [3.05, 3.63) is 28.8 Å². The third kappa shape index (κ3) is 4.61. The highest BCUT2D eigenvalue weighted by Crippen LogP contribution is 2.35. The molecule has 1 aromatic carbocycles. The topological polar surface area (TPSA) is 58.6 Å². The molecule has 0 aromatic heterocycles. The van der Waals surface area contributed by atoms with E-state index >= 15 is 0 Å². The van der Waals surface area contributed by atoms with E-state index < -0.39 is 29.8 Å². The van der Waals surface area contributed by atoms with Crippen molar-refractivity contribution in [3.8, 4) is 0 Å². The van der Waals surface area contributed by atoms with Crippen LogP contribution in [0.4, 0.5) is 19.3 Å². The van der Waals surface area contributed by atoms with Crippen LogP contribution in [0.3, 0.4) is 0 Å². The first kappa shape index (κ1) is 16.7. The van der Waals surface area contributed by atoms with Gasteiger partial charge in [0.25, 0.3) is 5.92 Å². The van der Waals surface area contributed by atoms with Crippen LogP contribution in [-0.4, -0.2) is 23.4 Å². The van der Waals surface area contributed by atoms with Gasteiger partial charge in [0.15, 0.2) is 0 Å². The van der Waals surface area contributed by atoms with E-state index in [2.05, 4.69) is 5.32 Å². The molecule has 0 spiro atoms. The van der Waals surface area contributed by atoms with E-state index in [-0.39, 0.29) is 10.7 Å². The SMILES string of the molecule is CC(C)(C)OC(=O)Nc1ccc(Cl)cc1C(F)(F)CO. The number of aliphatic hydroxyl groups excluding tert-OH is 1. The summed E-state index contributed by atoms with van der Waals surface area (Å²) in [4.78, 5) is 11.6. The summed E-state index contributed by atoms with van der Waals surface area (Å²) in [6.07, 6.45) is -0.866. The van der Waals surface area contributed by atoms with Crippen molar-refractivity contribution < 1.29 is 23.4 Å². The highest BCUT2D eigenvalue weighted by molar-refractivity contribution is 6.30. The van der Waals surface area contributed by atoms with Crippen molar-refractivity contribution in [2.75, 3.05) is 11.9 Å². The third-order valence-corrected chi connectivity index (χ3v) is 2.44. The van der Waals surface area contributed by atoms with E-state index in [0.29, 0.717) is 0 Å². The van der Waals surface area contributed by atoms with Crippen LogP contribution in [0.2, 0.25) is 5.02 Å². The molecular formula is C13H16ClF2NO3. The fourth-order valence-corrected chi connectivity index (χ4v) is 1.60. The van der Waals surface area contributed by atoms with Gasteiger partial charge in [-0.1, -0.05) is 11.6 Å². The number of hydrogen-bond donors (Lipinski definition) is 2. The molecule has 4 nitrogen and oxygen atoms in total. The quantitative estimate of drug-likeness (QED) is 0.893. The summed E-state index contributed by atoms with van der Waals surface area (Å²) in [6, 6.07) is 3.57. The van der Waals surface area contributed by atoms with E-state index in [1.807, 2.05) is 0 Å². The first-order chi connectivity index (χ1) is 9.05. The Hall–Kier alpha value is -1.40. The molecule has 1 aromatic rings. The molecule has 0 saturated carbocycles. The number of hydrogen-bond acceptors (Lipinski definition) is 3. The van der Waals surface area contributed by atoms with Gasteiger partial charge in [0.2, 0.25) is 0 Å². The molecule has 2 N–H and O–H groups in total. The van der Waals surface area contributed by atoms with Gasteiger partial charge >= 0.3 is 6.09 Å². The van der Waals surface area contributed by atoms with Crippen LogP contribution in [-0.2, 0) is 10.7 Å². The van der Waals surface area contributed by atoms with Gasteiger partial charge in [0.1, 0.15) is 12.2 Å². The van der Waals surface area contributed by atoms with Gasteiger partial charge in [0, 0.05) is 10.6 Å². The monoisotopic (exact) mass is 307 g/mol. The van der Waals surface area contributed by atoms with Crippen molar-refractivity contribution in [1.29, 1.82) is 0 Å². The summed E-state index contributed by atoms with van der Waals surface area (Å²) in [7, 11) is 0. The number of carbonyl (C=O) groups is 1. The zero-order valence-corrected chi connectivity index (χ0v) is 12.1. The fourth-order valence-electron chi connectivity index (χ4n) is 1.43. The van der Waals surface area contributed by atoms with E-state index in [1.165, 1.54) is 12.1 Å². The zero-order valence-electron chi connectivity index (χ0n) is 11.3. The third-order valence-electron chi connectivity index (χ3n) is 2.21. The molecule has 0 saturated heterocycles. The van der Waals surface area contributed by atoms with Gasteiger partial charge in [-0.2, -0.15) is 8.78 Å². The first-order valence-electron chi connectivity index (χ1n) is 5.84. The molecular weight excluding hydrogens is 292 g/mol. The van der Waals surface area contributed by atoms with Gasteiger partial charge in [-0.05, 0) is 39.0 Å². The van der Waals surface area contributed by atoms with Crippen LogP contribution < -0.4 is 5.32 Å². The number of rotatable bonds is 3. The molecule has 0 aliphatic heterocycles. The van der Waals surface area contributed by atoms with Crippen molar-refractivity contribution >= 4 is 23.4 Å². The number of aliphatic hydroxyl groups is 1. The maximum atomic E-state index is 13.6.